The molecule has 3 aromatic rings. The molecule has 1 heterocycles. The minimum Gasteiger partial charge on any atom is -0.497 e. The van der Waals surface area contributed by atoms with E-state index in [4.69, 9.17) is 17.0 Å². The molecule has 34 heavy (non-hydrogen) atoms. The maximum atomic E-state index is 13.4. The number of hydrogen-bond acceptors (Lipinski definition) is 4. The van der Waals surface area contributed by atoms with Crippen LogP contribution in [0.2, 0.25) is 0 Å². The monoisotopic (exact) mass is 477 g/mol. The van der Waals surface area contributed by atoms with Gasteiger partial charge in [-0.3, -0.25) is 14.5 Å². The van der Waals surface area contributed by atoms with Crippen LogP contribution in [0, 0.1) is 5.82 Å². The highest BCUT2D eigenvalue weighted by atomic mass is 32.1. The maximum absolute atomic E-state index is 13.4. The normalized spacial score (nSPS) is 15.5. The lowest BCUT2D eigenvalue weighted by Gasteiger charge is -2.24. The van der Waals surface area contributed by atoms with E-state index in [0.717, 1.165) is 16.9 Å². The SMILES string of the molecule is COc1ccc(CN2C(=S)N(Cc3ccccc3)C(=O)[C@@H]2CC(=O)Nc2ccc(F)cc2)cc1. The molecule has 0 aliphatic carbocycles. The number of amides is 2. The third-order valence-electron chi connectivity index (χ3n) is 5.61. The molecule has 0 saturated carbocycles. The summed E-state index contributed by atoms with van der Waals surface area (Å²) < 4.78 is 18.4. The van der Waals surface area contributed by atoms with E-state index < -0.39 is 11.9 Å². The molecule has 0 bridgehead atoms. The molecule has 6 nitrogen and oxygen atoms in total. The van der Waals surface area contributed by atoms with Crippen molar-refractivity contribution < 1.29 is 18.7 Å². The Morgan fingerprint density at radius 3 is 2.26 bits per heavy atom. The van der Waals surface area contributed by atoms with E-state index in [1.54, 1.807) is 16.9 Å². The third-order valence-corrected chi connectivity index (χ3v) is 6.06. The Morgan fingerprint density at radius 1 is 0.971 bits per heavy atom. The maximum Gasteiger partial charge on any atom is 0.252 e. The number of thiocarbonyl (C=S) groups is 1. The molecule has 0 radical (unpaired) electrons. The van der Waals surface area contributed by atoms with Crippen LogP contribution >= 0.6 is 12.2 Å². The van der Waals surface area contributed by atoms with Crippen LogP contribution in [0.15, 0.2) is 78.9 Å². The van der Waals surface area contributed by atoms with Gasteiger partial charge in [0, 0.05) is 12.2 Å². The number of halogens is 1. The van der Waals surface area contributed by atoms with Gasteiger partial charge in [-0.15, -0.1) is 0 Å². The summed E-state index contributed by atoms with van der Waals surface area (Å²) in [6, 6.07) is 21.8. The van der Waals surface area contributed by atoms with E-state index in [1.807, 2.05) is 54.6 Å². The zero-order valence-electron chi connectivity index (χ0n) is 18.6. The Morgan fingerprint density at radius 2 is 1.62 bits per heavy atom. The van der Waals surface area contributed by atoms with Crippen molar-refractivity contribution in [1.82, 2.24) is 9.80 Å². The second kappa shape index (κ2) is 10.4. The molecule has 4 rings (SSSR count). The molecule has 1 aliphatic rings. The van der Waals surface area contributed by atoms with Crippen LogP contribution in [0.5, 0.6) is 5.75 Å². The number of anilines is 1. The fraction of sp³-hybridized carbons (Fsp3) is 0.192. The van der Waals surface area contributed by atoms with E-state index in [2.05, 4.69) is 5.32 Å². The van der Waals surface area contributed by atoms with Crippen molar-refractivity contribution in [2.75, 3.05) is 12.4 Å². The van der Waals surface area contributed by atoms with Crippen molar-refractivity contribution in [2.45, 2.75) is 25.6 Å². The molecule has 3 aromatic carbocycles. The molecule has 8 heteroatoms. The fourth-order valence-corrected chi connectivity index (χ4v) is 4.18. The summed E-state index contributed by atoms with van der Waals surface area (Å²) in [5, 5.41) is 3.11. The quantitative estimate of drug-likeness (QED) is 0.489. The lowest BCUT2D eigenvalue weighted by Crippen LogP contribution is -2.37. The van der Waals surface area contributed by atoms with Crippen molar-refractivity contribution in [3.63, 3.8) is 0 Å². The van der Waals surface area contributed by atoms with Crippen molar-refractivity contribution in [3.05, 3.63) is 95.8 Å². The Hall–Kier alpha value is -3.78. The summed E-state index contributed by atoms with van der Waals surface area (Å²) in [5.41, 5.74) is 2.34. The third kappa shape index (κ3) is 5.40. The molecule has 1 saturated heterocycles. The van der Waals surface area contributed by atoms with E-state index in [-0.39, 0.29) is 18.2 Å². The van der Waals surface area contributed by atoms with Gasteiger partial charge in [0.05, 0.1) is 20.1 Å². The summed E-state index contributed by atoms with van der Waals surface area (Å²) in [6.45, 7) is 0.696. The van der Waals surface area contributed by atoms with E-state index in [9.17, 15) is 14.0 Å². The number of hydrogen-bond donors (Lipinski definition) is 1. The number of carbonyl (C=O) groups is 2. The van der Waals surface area contributed by atoms with Crippen LogP contribution < -0.4 is 10.1 Å². The molecule has 2 amide bonds. The van der Waals surface area contributed by atoms with Crippen LogP contribution in [0.3, 0.4) is 0 Å². The second-order valence-electron chi connectivity index (χ2n) is 7.94. The first-order chi connectivity index (χ1) is 16.4. The predicted octanol–water partition coefficient (Wildman–Crippen LogP) is 4.36. The zero-order chi connectivity index (χ0) is 24.1. The predicted molar refractivity (Wildman–Crippen MR) is 132 cm³/mol. The van der Waals surface area contributed by atoms with Crippen molar-refractivity contribution in [2.24, 2.45) is 0 Å². The highest BCUT2D eigenvalue weighted by Gasteiger charge is 2.43. The zero-order valence-corrected chi connectivity index (χ0v) is 19.4. The van der Waals surface area contributed by atoms with Gasteiger partial charge in [0.2, 0.25) is 5.91 Å². The average Bonchev–Trinajstić information content (AvgIpc) is 3.06. The number of benzene rings is 3. The molecule has 1 N–H and O–H groups in total. The van der Waals surface area contributed by atoms with Gasteiger partial charge in [-0.05, 0) is 59.7 Å². The first kappa shape index (κ1) is 23.4. The Bertz CT molecular complexity index is 1170. The summed E-state index contributed by atoms with van der Waals surface area (Å²) in [7, 11) is 1.60. The number of carbonyl (C=O) groups excluding carboxylic acids is 2. The molecule has 1 atom stereocenters. The lowest BCUT2D eigenvalue weighted by atomic mass is 10.1. The van der Waals surface area contributed by atoms with Gasteiger partial charge in [-0.25, -0.2) is 4.39 Å². The topological polar surface area (TPSA) is 61.9 Å². The van der Waals surface area contributed by atoms with Gasteiger partial charge in [0.15, 0.2) is 5.11 Å². The molecule has 1 aliphatic heterocycles. The van der Waals surface area contributed by atoms with Gasteiger partial charge < -0.3 is 15.0 Å². The molecule has 0 aromatic heterocycles. The summed E-state index contributed by atoms with van der Waals surface area (Å²) in [6.07, 6.45) is -0.0855. The summed E-state index contributed by atoms with van der Waals surface area (Å²) >= 11 is 5.69. The van der Waals surface area contributed by atoms with E-state index in [0.29, 0.717) is 23.9 Å². The van der Waals surface area contributed by atoms with E-state index >= 15 is 0 Å². The van der Waals surface area contributed by atoms with Crippen LogP contribution in [0.25, 0.3) is 0 Å². The smallest absolute Gasteiger partial charge is 0.252 e. The van der Waals surface area contributed by atoms with Crippen LogP contribution in [-0.4, -0.2) is 39.9 Å². The van der Waals surface area contributed by atoms with Crippen LogP contribution in [0.1, 0.15) is 17.5 Å². The largest absolute Gasteiger partial charge is 0.497 e. The highest BCUT2D eigenvalue weighted by molar-refractivity contribution is 7.80. The Kier molecular flexibility index (Phi) is 7.18. The molecular weight excluding hydrogens is 453 g/mol. The first-order valence-electron chi connectivity index (χ1n) is 10.8. The van der Waals surface area contributed by atoms with Gasteiger partial charge in [-0.1, -0.05) is 42.5 Å². The molecule has 174 valence electrons. The molecular formula is C26H24FN3O3S. The minimum atomic E-state index is -0.751. The van der Waals surface area contributed by atoms with Crippen LogP contribution in [0.4, 0.5) is 10.1 Å². The standard InChI is InChI=1S/C26H24FN3O3S/c1-33-22-13-7-19(8-14-22)16-29-23(15-24(31)28-21-11-9-20(27)10-12-21)25(32)30(26(29)34)17-18-5-3-2-4-6-18/h2-14,23H,15-17H2,1H3,(H,28,31)/t23-/m0/s1. The lowest BCUT2D eigenvalue weighted by molar-refractivity contribution is -0.131. The molecule has 0 unspecified atom stereocenters. The molecule has 0 spiro atoms. The fourth-order valence-electron chi connectivity index (χ4n) is 3.83. The van der Waals surface area contributed by atoms with Crippen molar-refractivity contribution in [1.29, 1.82) is 0 Å². The summed E-state index contributed by atoms with van der Waals surface area (Å²) in [4.78, 5) is 29.5. The Balaban J connectivity index is 1.55. The second-order valence-corrected chi connectivity index (χ2v) is 8.31. The number of ether oxygens (including phenoxy) is 1. The molecule has 1 fully saturated rings. The van der Waals surface area contributed by atoms with Crippen LogP contribution in [-0.2, 0) is 22.7 Å². The first-order valence-corrected chi connectivity index (χ1v) is 11.2. The number of nitrogens with zero attached hydrogens (tertiary/aromatic N) is 2. The van der Waals surface area contributed by atoms with Crippen molar-refractivity contribution >= 4 is 34.8 Å². The van der Waals surface area contributed by atoms with Crippen molar-refractivity contribution in [3.8, 4) is 5.75 Å². The number of rotatable bonds is 8. The number of methoxy groups -OCH3 is 1. The van der Waals surface area contributed by atoms with Gasteiger partial charge in [-0.2, -0.15) is 0 Å². The van der Waals surface area contributed by atoms with E-state index in [1.165, 1.54) is 24.3 Å². The van der Waals surface area contributed by atoms with Gasteiger partial charge >= 0.3 is 0 Å². The minimum absolute atomic E-state index is 0.0855. The number of nitrogens with one attached hydrogen (secondary N) is 1. The summed E-state index contributed by atoms with van der Waals surface area (Å²) in [5.74, 6) is -0.244. The highest BCUT2D eigenvalue weighted by Crippen LogP contribution is 2.26. The van der Waals surface area contributed by atoms with Gasteiger partial charge in [0.25, 0.3) is 5.91 Å². The van der Waals surface area contributed by atoms with Gasteiger partial charge in [0.1, 0.15) is 17.6 Å². The average molecular weight is 478 g/mol. The Labute approximate surface area is 202 Å².